The van der Waals surface area contributed by atoms with E-state index in [0.29, 0.717) is 18.7 Å². The largest absolute Gasteiger partial charge is 0.396 e. The molecule has 0 bridgehead atoms. The molecule has 0 saturated carbocycles. The number of aliphatic hydroxyl groups is 1. The average Bonchev–Trinajstić information content (AvgIpc) is 2.98. The molecular weight excluding hydrogens is 300 g/mol. The van der Waals surface area contributed by atoms with E-state index in [1.807, 2.05) is 37.3 Å². The van der Waals surface area contributed by atoms with E-state index in [-0.39, 0.29) is 12.5 Å². The topological polar surface area (TPSA) is 71.5 Å². The summed E-state index contributed by atoms with van der Waals surface area (Å²) in [4.78, 5) is 16.7. The molecule has 0 aliphatic rings. The van der Waals surface area contributed by atoms with Crippen molar-refractivity contribution in [2.24, 2.45) is 0 Å². The highest BCUT2D eigenvalue weighted by Gasteiger charge is 2.27. The zero-order valence-corrected chi connectivity index (χ0v) is 13.5. The van der Waals surface area contributed by atoms with Gasteiger partial charge in [-0.15, -0.1) is 11.3 Å². The molecule has 0 spiro atoms. The second-order valence-corrected chi connectivity index (χ2v) is 6.18. The first-order valence-corrected chi connectivity index (χ1v) is 7.89. The van der Waals surface area contributed by atoms with E-state index in [0.717, 1.165) is 10.6 Å². The number of hydrogen-bond donors (Lipinski definition) is 2. The Morgan fingerprint density at radius 2 is 2.14 bits per heavy atom. The Bertz CT molecular complexity index is 607. The molecular formula is C16H20N2O3S. The summed E-state index contributed by atoms with van der Waals surface area (Å²) in [5.41, 5.74) is 0.752. The molecule has 1 heterocycles. The van der Waals surface area contributed by atoms with E-state index >= 15 is 0 Å². The standard InChI is InChI=1S/C16H20N2O3S/c1-16(8-9-19,11-21-2)18-14(20)13-10-22-15(17-13)12-6-4-3-5-7-12/h3-7,10,19H,8-9,11H2,1-2H3,(H,18,20). The van der Waals surface area contributed by atoms with Crippen LogP contribution < -0.4 is 5.32 Å². The molecule has 0 radical (unpaired) electrons. The maximum atomic E-state index is 12.4. The van der Waals surface area contributed by atoms with Crippen LogP contribution in [0.1, 0.15) is 23.8 Å². The predicted molar refractivity (Wildman–Crippen MR) is 87.0 cm³/mol. The molecule has 0 aliphatic carbocycles. The monoisotopic (exact) mass is 320 g/mol. The van der Waals surface area contributed by atoms with Crippen molar-refractivity contribution in [3.63, 3.8) is 0 Å². The van der Waals surface area contributed by atoms with Crippen molar-refractivity contribution < 1.29 is 14.6 Å². The Balaban J connectivity index is 2.12. The van der Waals surface area contributed by atoms with Crippen LogP contribution >= 0.6 is 11.3 Å². The van der Waals surface area contributed by atoms with E-state index in [2.05, 4.69) is 10.3 Å². The molecule has 5 nitrogen and oxygen atoms in total. The van der Waals surface area contributed by atoms with Gasteiger partial charge in [0.25, 0.3) is 5.91 Å². The minimum Gasteiger partial charge on any atom is -0.396 e. The Morgan fingerprint density at radius 1 is 1.41 bits per heavy atom. The number of nitrogens with zero attached hydrogens (tertiary/aromatic N) is 1. The molecule has 118 valence electrons. The lowest BCUT2D eigenvalue weighted by Crippen LogP contribution is -2.50. The van der Waals surface area contributed by atoms with Gasteiger partial charge in [0, 0.05) is 24.7 Å². The lowest BCUT2D eigenvalue weighted by atomic mass is 9.99. The maximum Gasteiger partial charge on any atom is 0.271 e. The van der Waals surface area contributed by atoms with Gasteiger partial charge >= 0.3 is 0 Å². The van der Waals surface area contributed by atoms with Crippen LogP contribution in [0.25, 0.3) is 10.6 Å². The summed E-state index contributed by atoms with van der Waals surface area (Å²) in [7, 11) is 1.57. The Labute approximate surface area is 134 Å². The third-order valence-corrected chi connectivity index (χ3v) is 4.19. The van der Waals surface area contributed by atoms with Crippen molar-refractivity contribution >= 4 is 17.2 Å². The zero-order chi connectivity index (χ0) is 16.0. The summed E-state index contributed by atoms with van der Waals surface area (Å²) in [5, 5.41) is 14.6. The molecule has 1 unspecified atom stereocenters. The van der Waals surface area contributed by atoms with Crippen molar-refractivity contribution in [2.75, 3.05) is 20.3 Å². The fourth-order valence-electron chi connectivity index (χ4n) is 2.17. The number of hydrogen-bond acceptors (Lipinski definition) is 5. The first-order valence-electron chi connectivity index (χ1n) is 7.01. The number of nitrogens with one attached hydrogen (secondary N) is 1. The second-order valence-electron chi connectivity index (χ2n) is 5.33. The Morgan fingerprint density at radius 3 is 2.77 bits per heavy atom. The lowest BCUT2D eigenvalue weighted by Gasteiger charge is -2.29. The van der Waals surface area contributed by atoms with Crippen molar-refractivity contribution in [1.29, 1.82) is 0 Å². The van der Waals surface area contributed by atoms with Gasteiger partial charge in [0.05, 0.1) is 12.1 Å². The summed E-state index contributed by atoms with van der Waals surface area (Å²) >= 11 is 1.43. The van der Waals surface area contributed by atoms with Gasteiger partial charge in [-0.3, -0.25) is 4.79 Å². The van der Waals surface area contributed by atoms with E-state index in [9.17, 15) is 4.79 Å². The molecule has 0 fully saturated rings. The van der Waals surface area contributed by atoms with Crippen LogP contribution in [0.15, 0.2) is 35.7 Å². The van der Waals surface area contributed by atoms with E-state index in [1.165, 1.54) is 11.3 Å². The molecule has 1 aromatic carbocycles. The van der Waals surface area contributed by atoms with Gasteiger partial charge in [-0.2, -0.15) is 0 Å². The van der Waals surface area contributed by atoms with Crippen LogP contribution in [0.2, 0.25) is 0 Å². The predicted octanol–water partition coefficient (Wildman–Crippen LogP) is 2.33. The molecule has 2 rings (SSSR count). The van der Waals surface area contributed by atoms with E-state index in [1.54, 1.807) is 12.5 Å². The molecule has 1 aromatic heterocycles. The Hall–Kier alpha value is -1.76. The molecule has 22 heavy (non-hydrogen) atoms. The van der Waals surface area contributed by atoms with E-state index in [4.69, 9.17) is 9.84 Å². The zero-order valence-electron chi connectivity index (χ0n) is 12.7. The summed E-state index contributed by atoms with van der Waals surface area (Å²) in [5.74, 6) is -0.258. The van der Waals surface area contributed by atoms with Crippen molar-refractivity contribution in [2.45, 2.75) is 18.9 Å². The first kappa shape index (κ1) is 16.6. The molecule has 1 amide bonds. The van der Waals surface area contributed by atoms with Gasteiger partial charge in [-0.25, -0.2) is 4.98 Å². The van der Waals surface area contributed by atoms with Crippen LogP contribution in [0.3, 0.4) is 0 Å². The lowest BCUT2D eigenvalue weighted by molar-refractivity contribution is 0.0722. The maximum absolute atomic E-state index is 12.4. The summed E-state index contributed by atoms with van der Waals surface area (Å²) < 4.78 is 5.13. The van der Waals surface area contributed by atoms with Crippen molar-refractivity contribution in [1.82, 2.24) is 10.3 Å². The highest BCUT2D eigenvalue weighted by molar-refractivity contribution is 7.13. The second kappa shape index (κ2) is 7.49. The number of amides is 1. The SMILES string of the molecule is COCC(C)(CCO)NC(=O)c1csc(-c2ccccc2)n1. The molecule has 2 aromatic rings. The fourth-order valence-corrected chi connectivity index (χ4v) is 2.97. The number of methoxy groups -OCH3 is 1. The summed E-state index contributed by atoms with van der Waals surface area (Å²) in [6, 6.07) is 9.74. The third kappa shape index (κ3) is 4.13. The molecule has 6 heteroatoms. The summed E-state index contributed by atoms with van der Waals surface area (Å²) in [6.07, 6.45) is 0.419. The summed E-state index contributed by atoms with van der Waals surface area (Å²) in [6.45, 7) is 2.15. The number of carbonyl (C=O) groups excluding carboxylic acids is 1. The van der Waals surface area contributed by atoms with Gasteiger partial charge in [-0.1, -0.05) is 30.3 Å². The van der Waals surface area contributed by atoms with Crippen LogP contribution in [0.5, 0.6) is 0 Å². The highest BCUT2D eigenvalue weighted by Crippen LogP contribution is 2.23. The number of rotatable bonds is 7. The number of thiazole rings is 1. The van der Waals surface area contributed by atoms with Crippen molar-refractivity contribution in [3.05, 3.63) is 41.4 Å². The minimum absolute atomic E-state index is 0.0214. The highest BCUT2D eigenvalue weighted by atomic mass is 32.1. The smallest absolute Gasteiger partial charge is 0.271 e. The molecule has 2 N–H and O–H groups in total. The van der Waals surface area contributed by atoms with Crippen molar-refractivity contribution in [3.8, 4) is 10.6 Å². The van der Waals surface area contributed by atoms with Crippen LogP contribution in [-0.4, -0.2) is 41.9 Å². The molecule has 0 aliphatic heterocycles. The minimum atomic E-state index is -0.614. The van der Waals surface area contributed by atoms with Gasteiger partial charge in [0.1, 0.15) is 10.7 Å². The average molecular weight is 320 g/mol. The van der Waals surface area contributed by atoms with E-state index < -0.39 is 5.54 Å². The van der Waals surface area contributed by atoms with Gasteiger partial charge in [0.15, 0.2) is 0 Å². The number of carbonyl (C=O) groups is 1. The third-order valence-electron chi connectivity index (χ3n) is 3.30. The number of aliphatic hydroxyl groups excluding tert-OH is 1. The molecule has 1 atom stereocenters. The molecule has 0 saturated heterocycles. The number of ether oxygens (including phenoxy) is 1. The van der Waals surface area contributed by atoms with Gasteiger partial charge in [0.2, 0.25) is 0 Å². The Kier molecular flexibility index (Phi) is 5.65. The van der Waals surface area contributed by atoms with Crippen LogP contribution in [0, 0.1) is 0 Å². The number of benzene rings is 1. The number of aromatic nitrogens is 1. The normalized spacial score (nSPS) is 13.6. The first-order chi connectivity index (χ1) is 10.6. The van der Waals surface area contributed by atoms with Crippen LogP contribution in [0.4, 0.5) is 0 Å². The fraction of sp³-hybridized carbons (Fsp3) is 0.375. The van der Waals surface area contributed by atoms with Crippen LogP contribution in [-0.2, 0) is 4.74 Å². The quantitative estimate of drug-likeness (QED) is 0.821. The van der Waals surface area contributed by atoms with Gasteiger partial charge < -0.3 is 15.2 Å². The van der Waals surface area contributed by atoms with Gasteiger partial charge in [-0.05, 0) is 13.3 Å².